The normalized spacial score (nSPS) is 20.1. The molecule has 0 N–H and O–H groups in total. The topological polar surface area (TPSA) is 26.3 Å². The maximum Gasteiger partial charge on any atom is 0.338 e. The number of benzene rings is 1. The Balaban J connectivity index is 1.94. The fourth-order valence-electron chi connectivity index (χ4n) is 1.84. The van der Waals surface area contributed by atoms with Crippen LogP contribution in [0.25, 0.3) is 0 Å². The standard InChI is InChI=1S/C14H16O2/c1-11-7-9-13(10-8-11)16-14(15)12-5-3-2-4-6-12/h2-7,13H,8-10H2,1H3/t13-/m0/s1. The Kier molecular flexibility index (Phi) is 3.40. The lowest BCUT2D eigenvalue weighted by Crippen LogP contribution is -2.20. The van der Waals surface area contributed by atoms with E-state index < -0.39 is 0 Å². The van der Waals surface area contributed by atoms with Gasteiger partial charge in [0.25, 0.3) is 0 Å². The van der Waals surface area contributed by atoms with Crippen molar-refractivity contribution in [3.63, 3.8) is 0 Å². The van der Waals surface area contributed by atoms with E-state index in [9.17, 15) is 4.79 Å². The first-order chi connectivity index (χ1) is 7.75. The summed E-state index contributed by atoms with van der Waals surface area (Å²) in [5.41, 5.74) is 2.03. The predicted molar refractivity (Wildman–Crippen MR) is 63.3 cm³/mol. The van der Waals surface area contributed by atoms with Crippen LogP contribution >= 0.6 is 0 Å². The first kappa shape index (κ1) is 10.9. The summed E-state index contributed by atoms with van der Waals surface area (Å²) < 4.78 is 5.44. The van der Waals surface area contributed by atoms with Gasteiger partial charge < -0.3 is 4.74 Å². The van der Waals surface area contributed by atoms with E-state index in [1.165, 1.54) is 5.57 Å². The number of esters is 1. The zero-order chi connectivity index (χ0) is 11.4. The van der Waals surface area contributed by atoms with Crippen LogP contribution in [0, 0.1) is 0 Å². The number of rotatable bonds is 2. The van der Waals surface area contributed by atoms with Crippen molar-refractivity contribution in [3.05, 3.63) is 47.5 Å². The average Bonchev–Trinajstić information content (AvgIpc) is 2.33. The maximum absolute atomic E-state index is 11.8. The minimum absolute atomic E-state index is 0.0522. The van der Waals surface area contributed by atoms with Gasteiger partial charge in [0, 0.05) is 6.42 Å². The third kappa shape index (κ3) is 2.72. The number of hydrogen-bond acceptors (Lipinski definition) is 2. The summed E-state index contributed by atoms with van der Waals surface area (Å²) in [6.07, 6.45) is 5.04. The van der Waals surface area contributed by atoms with Crippen LogP contribution in [0.2, 0.25) is 0 Å². The van der Waals surface area contributed by atoms with E-state index in [0.717, 1.165) is 19.3 Å². The van der Waals surface area contributed by atoms with Gasteiger partial charge in [0.05, 0.1) is 5.56 Å². The van der Waals surface area contributed by atoms with Crippen molar-refractivity contribution in [1.82, 2.24) is 0 Å². The van der Waals surface area contributed by atoms with Gasteiger partial charge in [-0.3, -0.25) is 0 Å². The third-order valence-electron chi connectivity index (χ3n) is 2.87. The van der Waals surface area contributed by atoms with Crippen molar-refractivity contribution < 1.29 is 9.53 Å². The molecule has 2 nitrogen and oxygen atoms in total. The van der Waals surface area contributed by atoms with Gasteiger partial charge in [0.15, 0.2) is 0 Å². The molecule has 0 radical (unpaired) electrons. The molecule has 1 aromatic carbocycles. The van der Waals surface area contributed by atoms with Crippen LogP contribution in [0.4, 0.5) is 0 Å². The molecule has 0 saturated carbocycles. The van der Waals surface area contributed by atoms with Crippen molar-refractivity contribution in [2.75, 3.05) is 0 Å². The monoisotopic (exact) mass is 216 g/mol. The van der Waals surface area contributed by atoms with Crippen LogP contribution in [0.3, 0.4) is 0 Å². The molecule has 2 heteroatoms. The fraction of sp³-hybridized carbons (Fsp3) is 0.357. The van der Waals surface area contributed by atoms with Crippen LogP contribution in [0.5, 0.6) is 0 Å². The molecule has 1 aromatic rings. The average molecular weight is 216 g/mol. The molecule has 16 heavy (non-hydrogen) atoms. The maximum atomic E-state index is 11.8. The summed E-state index contributed by atoms with van der Waals surface area (Å²) in [6, 6.07) is 9.16. The second-order valence-corrected chi connectivity index (χ2v) is 4.22. The lowest BCUT2D eigenvalue weighted by atomic mass is 9.98. The van der Waals surface area contributed by atoms with Crippen LogP contribution in [-0.4, -0.2) is 12.1 Å². The molecule has 2 rings (SSSR count). The second kappa shape index (κ2) is 4.97. The highest BCUT2D eigenvalue weighted by molar-refractivity contribution is 5.89. The van der Waals surface area contributed by atoms with E-state index in [1.807, 2.05) is 18.2 Å². The molecule has 0 bridgehead atoms. The van der Waals surface area contributed by atoms with Gasteiger partial charge in [0.1, 0.15) is 6.10 Å². The summed E-state index contributed by atoms with van der Waals surface area (Å²) in [7, 11) is 0. The molecule has 0 aromatic heterocycles. The summed E-state index contributed by atoms with van der Waals surface area (Å²) in [6.45, 7) is 2.12. The number of carbonyl (C=O) groups excluding carboxylic acids is 1. The van der Waals surface area contributed by atoms with Gasteiger partial charge in [0.2, 0.25) is 0 Å². The van der Waals surface area contributed by atoms with Crippen molar-refractivity contribution in [1.29, 1.82) is 0 Å². The molecular formula is C14H16O2. The number of carbonyl (C=O) groups is 1. The van der Waals surface area contributed by atoms with Gasteiger partial charge in [-0.05, 0) is 31.9 Å². The predicted octanol–water partition coefficient (Wildman–Crippen LogP) is 3.34. The van der Waals surface area contributed by atoms with Gasteiger partial charge in [-0.1, -0.05) is 29.8 Å². The van der Waals surface area contributed by atoms with E-state index >= 15 is 0 Å². The summed E-state index contributed by atoms with van der Waals surface area (Å²) in [5.74, 6) is -0.210. The Bertz CT molecular complexity index is 392. The highest BCUT2D eigenvalue weighted by Gasteiger charge is 2.17. The van der Waals surface area contributed by atoms with Crippen molar-refractivity contribution in [2.45, 2.75) is 32.3 Å². The Morgan fingerprint density at radius 3 is 2.69 bits per heavy atom. The molecule has 0 saturated heterocycles. The molecule has 1 aliphatic rings. The molecule has 0 spiro atoms. The van der Waals surface area contributed by atoms with E-state index in [2.05, 4.69) is 13.0 Å². The second-order valence-electron chi connectivity index (χ2n) is 4.22. The fourth-order valence-corrected chi connectivity index (χ4v) is 1.84. The first-order valence-corrected chi connectivity index (χ1v) is 5.67. The molecule has 1 aliphatic carbocycles. The van der Waals surface area contributed by atoms with E-state index in [1.54, 1.807) is 12.1 Å². The van der Waals surface area contributed by atoms with Crippen molar-refractivity contribution >= 4 is 5.97 Å². The SMILES string of the molecule is CC1=CC[C@H](OC(=O)c2ccccc2)CC1. The Labute approximate surface area is 95.9 Å². The number of allylic oxidation sites excluding steroid dienone is 1. The van der Waals surface area contributed by atoms with Crippen LogP contribution in [0.1, 0.15) is 36.5 Å². The Hall–Kier alpha value is -1.57. The van der Waals surface area contributed by atoms with Gasteiger partial charge in [-0.15, -0.1) is 0 Å². The molecule has 1 atom stereocenters. The van der Waals surface area contributed by atoms with E-state index in [-0.39, 0.29) is 12.1 Å². The Morgan fingerprint density at radius 2 is 2.06 bits per heavy atom. The zero-order valence-electron chi connectivity index (χ0n) is 9.48. The van der Waals surface area contributed by atoms with Crippen LogP contribution in [0.15, 0.2) is 42.0 Å². The smallest absolute Gasteiger partial charge is 0.338 e. The van der Waals surface area contributed by atoms with Crippen LogP contribution < -0.4 is 0 Å². The van der Waals surface area contributed by atoms with E-state index in [0.29, 0.717) is 5.56 Å². The third-order valence-corrected chi connectivity index (χ3v) is 2.87. The van der Waals surface area contributed by atoms with E-state index in [4.69, 9.17) is 4.74 Å². The van der Waals surface area contributed by atoms with Gasteiger partial charge in [-0.25, -0.2) is 4.79 Å². The lowest BCUT2D eigenvalue weighted by molar-refractivity contribution is 0.0279. The lowest BCUT2D eigenvalue weighted by Gasteiger charge is -2.20. The largest absolute Gasteiger partial charge is 0.458 e. The number of ether oxygens (including phenoxy) is 1. The molecular weight excluding hydrogens is 200 g/mol. The summed E-state index contributed by atoms with van der Waals surface area (Å²) in [5, 5.41) is 0. The van der Waals surface area contributed by atoms with Crippen molar-refractivity contribution in [2.24, 2.45) is 0 Å². The molecule has 0 unspecified atom stereocenters. The minimum Gasteiger partial charge on any atom is -0.458 e. The number of hydrogen-bond donors (Lipinski definition) is 0. The quantitative estimate of drug-likeness (QED) is 0.560. The van der Waals surface area contributed by atoms with Gasteiger partial charge >= 0.3 is 5.97 Å². The molecule has 0 amide bonds. The summed E-state index contributed by atoms with van der Waals surface area (Å²) in [4.78, 5) is 11.8. The Morgan fingerprint density at radius 1 is 1.31 bits per heavy atom. The minimum atomic E-state index is -0.210. The van der Waals surface area contributed by atoms with Gasteiger partial charge in [-0.2, -0.15) is 0 Å². The molecule has 0 fully saturated rings. The van der Waals surface area contributed by atoms with Crippen molar-refractivity contribution in [3.8, 4) is 0 Å². The first-order valence-electron chi connectivity index (χ1n) is 5.67. The van der Waals surface area contributed by atoms with Crippen LogP contribution in [-0.2, 0) is 4.74 Å². The highest BCUT2D eigenvalue weighted by atomic mass is 16.5. The molecule has 84 valence electrons. The highest BCUT2D eigenvalue weighted by Crippen LogP contribution is 2.20. The molecule has 0 heterocycles. The summed E-state index contributed by atoms with van der Waals surface area (Å²) >= 11 is 0. The molecule has 0 aliphatic heterocycles. The zero-order valence-corrected chi connectivity index (χ0v) is 9.48.